The molecule has 0 aromatic carbocycles. The lowest BCUT2D eigenvalue weighted by molar-refractivity contribution is -0.302. The second kappa shape index (κ2) is 15.0. The normalized spacial score (nSPS) is 10.6. The van der Waals surface area contributed by atoms with E-state index >= 15 is 0 Å². The summed E-state index contributed by atoms with van der Waals surface area (Å²) >= 11 is 0. The zero-order valence-electron chi connectivity index (χ0n) is 14.1. The van der Waals surface area contributed by atoms with Gasteiger partial charge in [-0.05, 0) is 26.2 Å². The Labute approximate surface area is 127 Å². The maximum atomic E-state index is 8.89. The lowest BCUT2D eigenvalue weighted by Crippen LogP contribution is -2.16. The van der Waals surface area contributed by atoms with Crippen molar-refractivity contribution < 1.29 is 9.90 Å². The van der Waals surface area contributed by atoms with Crippen LogP contribution < -0.4 is 5.11 Å². The molecule has 20 heavy (non-hydrogen) atoms. The highest BCUT2D eigenvalue weighted by atomic mass is 31.2. The van der Waals surface area contributed by atoms with Crippen LogP contribution in [0.25, 0.3) is 0 Å². The highest BCUT2D eigenvalue weighted by molar-refractivity contribution is 7.76. The first-order chi connectivity index (χ1) is 9.47. The maximum Gasteiger partial charge on any atom is 0.0771 e. The zero-order chi connectivity index (χ0) is 15.9. The lowest BCUT2D eigenvalue weighted by Gasteiger charge is -2.26. The molecule has 0 aliphatic rings. The van der Waals surface area contributed by atoms with Crippen LogP contribution in [0.1, 0.15) is 66.2 Å². The fourth-order valence-corrected chi connectivity index (χ4v) is 7.09. The fraction of sp³-hybridized carbons (Fsp3) is 0.824. The van der Waals surface area contributed by atoms with E-state index in [4.69, 9.17) is 9.90 Å². The van der Waals surface area contributed by atoms with Gasteiger partial charge in [-0.2, -0.15) is 0 Å². The number of aliphatic carboxylic acids is 1. The summed E-state index contributed by atoms with van der Waals surface area (Å²) in [5.41, 5.74) is 0. The van der Waals surface area contributed by atoms with Crippen molar-refractivity contribution in [3.63, 3.8) is 0 Å². The van der Waals surface area contributed by atoms with E-state index in [2.05, 4.69) is 33.4 Å². The molecule has 0 amide bonds. The van der Waals surface area contributed by atoms with Crippen molar-refractivity contribution in [3.05, 3.63) is 12.7 Å². The van der Waals surface area contributed by atoms with Crippen molar-refractivity contribution in [1.29, 1.82) is 0 Å². The van der Waals surface area contributed by atoms with Gasteiger partial charge < -0.3 is 9.90 Å². The molecular weight excluding hydrogens is 267 g/mol. The number of unbranched alkanes of at least 4 members (excludes halogenated alkanes) is 3. The number of carbonyl (C=O) groups is 1. The molecule has 0 aliphatic heterocycles. The number of hydrogen-bond donors (Lipinski definition) is 0. The van der Waals surface area contributed by atoms with Gasteiger partial charge in [-0.3, -0.25) is 0 Å². The summed E-state index contributed by atoms with van der Waals surface area (Å²) in [6.45, 7) is 11.9. The Balaban J connectivity index is 0. The van der Waals surface area contributed by atoms with Gasteiger partial charge in [-0.15, -0.1) is 0 Å². The second-order valence-electron chi connectivity index (χ2n) is 5.54. The van der Waals surface area contributed by atoms with Gasteiger partial charge in [0, 0.05) is 13.2 Å². The molecule has 0 atom stereocenters. The lowest BCUT2D eigenvalue weighted by atomic mass is 10.4. The molecule has 0 saturated heterocycles. The molecule has 0 rings (SSSR count). The van der Waals surface area contributed by atoms with E-state index in [1.807, 2.05) is 0 Å². The van der Waals surface area contributed by atoms with Gasteiger partial charge in [0.2, 0.25) is 0 Å². The quantitative estimate of drug-likeness (QED) is 0.420. The number of carbonyl (C=O) groups excluding carboxylic acids is 1. The standard InChI is InChI=1S/C15H32P.C2H4O2/c1-5-9-13-16(12-8-4,14-10-6-2)15-11-7-3;1-2(3)4/h8H,4-7,9-15H2,1-3H3;1H3,(H,3,4)/q+1;/p-1. The van der Waals surface area contributed by atoms with Gasteiger partial charge in [0.05, 0.1) is 24.6 Å². The van der Waals surface area contributed by atoms with Gasteiger partial charge in [-0.25, -0.2) is 0 Å². The summed E-state index contributed by atoms with van der Waals surface area (Å²) in [4.78, 5) is 8.89. The summed E-state index contributed by atoms with van der Waals surface area (Å²) in [6, 6.07) is 0. The van der Waals surface area contributed by atoms with Gasteiger partial charge >= 0.3 is 0 Å². The third-order valence-corrected chi connectivity index (χ3v) is 8.30. The molecule has 0 heterocycles. The molecule has 0 fully saturated rings. The molecule has 0 aromatic rings. The monoisotopic (exact) mass is 302 g/mol. The highest BCUT2D eigenvalue weighted by Crippen LogP contribution is 2.60. The van der Waals surface area contributed by atoms with Crippen LogP contribution in [-0.2, 0) is 4.79 Å². The van der Waals surface area contributed by atoms with Crippen molar-refractivity contribution >= 4 is 13.2 Å². The van der Waals surface area contributed by atoms with Crippen LogP contribution >= 0.6 is 7.26 Å². The van der Waals surface area contributed by atoms with Gasteiger partial charge in [0.25, 0.3) is 0 Å². The van der Waals surface area contributed by atoms with E-state index in [9.17, 15) is 0 Å². The Hall–Kier alpha value is -0.360. The molecule has 0 N–H and O–H groups in total. The second-order valence-corrected chi connectivity index (χ2v) is 9.93. The summed E-state index contributed by atoms with van der Waals surface area (Å²) in [5, 5.41) is 8.89. The van der Waals surface area contributed by atoms with Crippen LogP contribution in [0.5, 0.6) is 0 Å². The largest absolute Gasteiger partial charge is 0.550 e. The molecule has 0 aliphatic carbocycles. The minimum atomic E-state index is -1.08. The number of carboxylic acids is 1. The first-order valence-electron chi connectivity index (χ1n) is 8.11. The van der Waals surface area contributed by atoms with Crippen molar-refractivity contribution in [3.8, 4) is 0 Å². The maximum absolute atomic E-state index is 8.89. The van der Waals surface area contributed by atoms with Gasteiger partial charge in [0.1, 0.15) is 0 Å². The van der Waals surface area contributed by atoms with E-state index in [1.165, 1.54) is 63.2 Å². The highest BCUT2D eigenvalue weighted by Gasteiger charge is 2.33. The Morgan fingerprint density at radius 2 is 1.30 bits per heavy atom. The molecule has 120 valence electrons. The number of rotatable bonds is 11. The molecular formula is C17H35O2P. The minimum absolute atomic E-state index is 0.664. The number of hydrogen-bond acceptors (Lipinski definition) is 2. The van der Waals surface area contributed by atoms with Crippen LogP contribution in [0.3, 0.4) is 0 Å². The average Bonchev–Trinajstić information content (AvgIpc) is 2.40. The van der Waals surface area contributed by atoms with E-state index in [0.717, 1.165) is 6.92 Å². The SMILES string of the molecule is C=CC[P+](CCCC)(CCCC)CCCC.CC(=O)[O-]. The molecule has 0 unspecified atom stereocenters. The summed E-state index contributed by atoms with van der Waals surface area (Å²) in [5.74, 6) is -1.08. The first kappa shape index (κ1) is 21.9. The zero-order valence-corrected chi connectivity index (χ0v) is 15.0. The van der Waals surface area contributed by atoms with Crippen molar-refractivity contribution in [2.45, 2.75) is 66.2 Å². The summed E-state index contributed by atoms with van der Waals surface area (Å²) < 4.78 is 0. The third kappa shape index (κ3) is 14.1. The molecule has 0 saturated carbocycles. The Morgan fingerprint density at radius 1 is 1.00 bits per heavy atom. The van der Waals surface area contributed by atoms with E-state index in [0.29, 0.717) is 0 Å². The molecule has 0 spiro atoms. The minimum Gasteiger partial charge on any atom is -0.550 e. The van der Waals surface area contributed by atoms with Crippen LogP contribution in [0, 0.1) is 0 Å². The van der Waals surface area contributed by atoms with Crippen LogP contribution in [0.15, 0.2) is 12.7 Å². The molecule has 3 heteroatoms. The van der Waals surface area contributed by atoms with Gasteiger partial charge in [-0.1, -0.05) is 52.7 Å². The summed E-state index contributed by atoms with van der Waals surface area (Å²) in [7, 11) is -0.664. The molecule has 0 bridgehead atoms. The van der Waals surface area contributed by atoms with Crippen molar-refractivity contribution in [2.24, 2.45) is 0 Å². The third-order valence-electron chi connectivity index (χ3n) is 3.47. The van der Waals surface area contributed by atoms with Crippen LogP contribution in [0.2, 0.25) is 0 Å². The Kier molecular flexibility index (Phi) is 16.5. The van der Waals surface area contributed by atoms with Crippen LogP contribution in [-0.4, -0.2) is 30.6 Å². The first-order valence-corrected chi connectivity index (χ1v) is 10.6. The van der Waals surface area contributed by atoms with Gasteiger partial charge in [0.15, 0.2) is 0 Å². The van der Waals surface area contributed by atoms with Crippen molar-refractivity contribution in [2.75, 3.05) is 24.6 Å². The predicted octanol–water partition coefficient (Wildman–Crippen LogP) is 4.35. The average molecular weight is 302 g/mol. The van der Waals surface area contributed by atoms with E-state index in [-0.39, 0.29) is 0 Å². The summed E-state index contributed by atoms with van der Waals surface area (Å²) in [6.07, 6.45) is 16.5. The smallest absolute Gasteiger partial charge is 0.0771 e. The Bertz CT molecular complexity index is 213. The number of carboxylic acid groups (broad SMARTS) is 1. The fourth-order valence-electron chi connectivity index (χ4n) is 2.36. The number of allylic oxidation sites excluding steroid dienone is 1. The Morgan fingerprint density at radius 3 is 1.50 bits per heavy atom. The van der Waals surface area contributed by atoms with E-state index in [1.54, 1.807) is 0 Å². The van der Waals surface area contributed by atoms with Crippen LogP contribution in [0.4, 0.5) is 0 Å². The van der Waals surface area contributed by atoms with E-state index < -0.39 is 13.2 Å². The topological polar surface area (TPSA) is 40.1 Å². The molecule has 0 radical (unpaired) electrons. The molecule has 2 nitrogen and oxygen atoms in total. The predicted molar refractivity (Wildman–Crippen MR) is 92.0 cm³/mol. The molecule has 0 aromatic heterocycles. The van der Waals surface area contributed by atoms with Crippen molar-refractivity contribution in [1.82, 2.24) is 0 Å².